The van der Waals surface area contributed by atoms with Crippen LogP contribution in [0.25, 0.3) is 0 Å². The van der Waals surface area contributed by atoms with Gasteiger partial charge >= 0.3 is 6.09 Å². The highest BCUT2D eigenvalue weighted by Gasteiger charge is 2.26. The van der Waals surface area contributed by atoms with E-state index in [-0.39, 0.29) is 6.09 Å². The van der Waals surface area contributed by atoms with E-state index in [1.165, 1.54) is 0 Å². The molecule has 0 aromatic carbocycles. The van der Waals surface area contributed by atoms with E-state index in [1.54, 1.807) is 4.90 Å². The van der Waals surface area contributed by atoms with Crippen LogP contribution in [0, 0.1) is 0 Å². The van der Waals surface area contributed by atoms with Crippen LogP contribution < -0.4 is 5.32 Å². The highest BCUT2D eigenvalue weighted by atomic mass is 16.6. The van der Waals surface area contributed by atoms with Crippen LogP contribution in [0.2, 0.25) is 0 Å². The lowest BCUT2D eigenvalue weighted by atomic mass is 10.0. The monoisotopic (exact) mass is 300 g/mol. The zero-order valence-electron chi connectivity index (χ0n) is 14.2. The Bertz CT molecular complexity index is 337. The first kappa shape index (κ1) is 18.2. The molecular weight excluding hydrogens is 268 g/mol. The topological polar surface area (TPSA) is 61.8 Å². The number of nitrogens with one attached hydrogen (secondary N) is 1. The number of rotatable bonds is 4. The molecule has 1 rings (SSSR count). The summed E-state index contributed by atoms with van der Waals surface area (Å²) < 4.78 is 5.43. The van der Waals surface area contributed by atoms with Gasteiger partial charge in [-0.15, -0.1) is 0 Å². The Morgan fingerprint density at radius 2 is 1.95 bits per heavy atom. The van der Waals surface area contributed by atoms with Crippen molar-refractivity contribution in [1.82, 2.24) is 10.2 Å². The van der Waals surface area contributed by atoms with Crippen molar-refractivity contribution in [2.45, 2.75) is 77.5 Å². The molecule has 0 spiro atoms. The molecule has 0 aromatic heterocycles. The smallest absolute Gasteiger partial charge is 0.410 e. The fourth-order valence-corrected chi connectivity index (χ4v) is 2.30. The zero-order chi connectivity index (χ0) is 16.1. The van der Waals surface area contributed by atoms with Gasteiger partial charge in [-0.2, -0.15) is 0 Å². The third-order valence-corrected chi connectivity index (χ3v) is 3.91. The highest BCUT2D eigenvalue weighted by molar-refractivity contribution is 5.68. The molecule has 1 amide bonds. The van der Waals surface area contributed by atoms with E-state index in [0.29, 0.717) is 19.1 Å². The molecule has 21 heavy (non-hydrogen) atoms. The van der Waals surface area contributed by atoms with Crippen molar-refractivity contribution in [3.05, 3.63) is 0 Å². The second-order valence-electron chi connectivity index (χ2n) is 7.33. The van der Waals surface area contributed by atoms with Gasteiger partial charge in [0.15, 0.2) is 0 Å². The minimum atomic E-state index is -0.656. The first-order valence-electron chi connectivity index (χ1n) is 8.06. The van der Waals surface area contributed by atoms with Crippen molar-refractivity contribution < 1.29 is 14.6 Å². The third kappa shape index (κ3) is 7.14. The first-order valence-corrected chi connectivity index (χ1v) is 8.06. The average molecular weight is 300 g/mol. The maximum Gasteiger partial charge on any atom is 0.410 e. The fraction of sp³-hybridized carbons (Fsp3) is 0.938. The summed E-state index contributed by atoms with van der Waals surface area (Å²) in [5.41, 5.74) is -1.10. The van der Waals surface area contributed by atoms with Crippen molar-refractivity contribution in [1.29, 1.82) is 0 Å². The highest BCUT2D eigenvalue weighted by Crippen LogP contribution is 2.16. The standard InChI is InChI=1S/C16H32N2O3/c1-6-16(5,20)12-17-13-8-7-10-18(11-9-13)14(19)21-15(2,3)4/h13,17,20H,6-12H2,1-5H3. The lowest BCUT2D eigenvalue weighted by Gasteiger charge is -2.27. The van der Waals surface area contributed by atoms with Crippen LogP contribution >= 0.6 is 0 Å². The molecule has 5 heteroatoms. The van der Waals surface area contributed by atoms with Crippen LogP contribution in [0.1, 0.15) is 60.3 Å². The Kier molecular flexibility index (Phi) is 6.47. The normalized spacial score (nSPS) is 23.3. The molecule has 1 saturated heterocycles. The number of hydrogen-bond acceptors (Lipinski definition) is 4. The largest absolute Gasteiger partial charge is 0.444 e. The van der Waals surface area contributed by atoms with Gasteiger partial charge in [0.2, 0.25) is 0 Å². The molecule has 0 saturated carbocycles. The number of nitrogens with zero attached hydrogens (tertiary/aromatic N) is 1. The molecule has 0 radical (unpaired) electrons. The third-order valence-electron chi connectivity index (χ3n) is 3.91. The van der Waals surface area contributed by atoms with E-state index in [2.05, 4.69) is 5.32 Å². The van der Waals surface area contributed by atoms with Gasteiger partial charge < -0.3 is 20.1 Å². The quantitative estimate of drug-likeness (QED) is 0.837. The molecule has 1 heterocycles. The van der Waals surface area contributed by atoms with Crippen molar-refractivity contribution in [3.63, 3.8) is 0 Å². The van der Waals surface area contributed by atoms with Gasteiger partial charge in [-0.3, -0.25) is 0 Å². The fourth-order valence-electron chi connectivity index (χ4n) is 2.30. The van der Waals surface area contributed by atoms with Crippen LogP contribution in [0.3, 0.4) is 0 Å². The van der Waals surface area contributed by atoms with E-state index in [9.17, 15) is 9.90 Å². The molecule has 124 valence electrons. The summed E-state index contributed by atoms with van der Waals surface area (Å²) in [6.45, 7) is 11.6. The Hall–Kier alpha value is -0.810. The molecule has 5 nitrogen and oxygen atoms in total. The van der Waals surface area contributed by atoms with E-state index in [0.717, 1.165) is 32.2 Å². The summed E-state index contributed by atoms with van der Waals surface area (Å²) in [6.07, 6.45) is 3.41. The van der Waals surface area contributed by atoms with Gasteiger partial charge in [0.25, 0.3) is 0 Å². The summed E-state index contributed by atoms with van der Waals surface area (Å²) >= 11 is 0. The Morgan fingerprint density at radius 1 is 1.29 bits per heavy atom. The lowest BCUT2D eigenvalue weighted by Crippen LogP contribution is -2.43. The molecule has 1 aliphatic rings. The molecule has 2 atom stereocenters. The summed E-state index contributed by atoms with van der Waals surface area (Å²) in [5.74, 6) is 0. The SMILES string of the molecule is CCC(C)(O)CNC1CCCN(C(=O)OC(C)(C)C)CC1. The Balaban J connectivity index is 2.42. The molecular formula is C16H32N2O3. The molecule has 2 N–H and O–H groups in total. The van der Waals surface area contributed by atoms with Gasteiger partial charge in [0, 0.05) is 25.7 Å². The molecule has 1 fully saturated rings. The van der Waals surface area contributed by atoms with Crippen LogP contribution in [0.4, 0.5) is 4.79 Å². The predicted octanol–water partition coefficient (Wildman–Crippen LogP) is 2.53. The summed E-state index contributed by atoms with van der Waals surface area (Å²) in [7, 11) is 0. The van der Waals surface area contributed by atoms with Gasteiger partial charge in [-0.1, -0.05) is 6.92 Å². The van der Waals surface area contributed by atoms with Crippen LogP contribution in [0.5, 0.6) is 0 Å². The number of carbonyl (C=O) groups is 1. The van der Waals surface area contributed by atoms with Crippen molar-refractivity contribution in [2.24, 2.45) is 0 Å². The molecule has 2 unspecified atom stereocenters. The summed E-state index contributed by atoms with van der Waals surface area (Å²) in [4.78, 5) is 13.9. The minimum Gasteiger partial charge on any atom is -0.444 e. The summed E-state index contributed by atoms with van der Waals surface area (Å²) in [5, 5.41) is 13.5. The van der Waals surface area contributed by atoms with Crippen molar-refractivity contribution in [3.8, 4) is 0 Å². The van der Waals surface area contributed by atoms with E-state index in [4.69, 9.17) is 4.74 Å². The molecule has 1 aliphatic heterocycles. The number of ether oxygens (including phenoxy) is 1. The zero-order valence-corrected chi connectivity index (χ0v) is 14.2. The van der Waals surface area contributed by atoms with Crippen molar-refractivity contribution in [2.75, 3.05) is 19.6 Å². The van der Waals surface area contributed by atoms with Crippen LogP contribution in [-0.2, 0) is 4.74 Å². The second-order valence-corrected chi connectivity index (χ2v) is 7.33. The Morgan fingerprint density at radius 3 is 2.52 bits per heavy atom. The maximum absolute atomic E-state index is 12.1. The number of carbonyl (C=O) groups excluding carboxylic acids is 1. The molecule has 0 bridgehead atoms. The van der Waals surface area contributed by atoms with Gasteiger partial charge in [0.1, 0.15) is 5.60 Å². The van der Waals surface area contributed by atoms with E-state index >= 15 is 0 Å². The average Bonchev–Trinajstić information content (AvgIpc) is 2.60. The van der Waals surface area contributed by atoms with Crippen LogP contribution in [-0.4, -0.2) is 53.0 Å². The maximum atomic E-state index is 12.1. The second kappa shape index (κ2) is 7.45. The van der Waals surface area contributed by atoms with Gasteiger partial charge in [0.05, 0.1) is 5.60 Å². The Labute approximate surface area is 129 Å². The van der Waals surface area contributed by atoms with E-state index in [1.807, 2.05) is 34.6 Å². The molecule has 0 aliphatic carbocycles. The van der Waals surface area contributed by atoms with Crippen LogP contribution in [0.15, 0.2) is 0 Å². The van der Waals surface area contributed by atoms with E-state index < -0.39 is 11.2 Å². The number of likely N-dealkylation sites (tertiary alicyclic amines) is 1. The number of amides is 1. The molecule has 0 aromatic rings. The predicted molar refractivity (Wildman–Crippen MR) is 84.4 cm³/mol. The van der Waals surface area contributed by atoms with Gasteiger partial charge in [-0.25, -0.2) is 4.79 Å². The summed E-state index contributed by atoms with van der Waals surface area (Å²) in [6, 6.07) is 0.357. The number of hydrogen-bond donors (Lipinski definition) is 2. The lowest BCUT2D eigenvalue weighted by molar-refractivity contribution is 0.0253. The first-order chi connectivity index (χ1) is 9.63. The number of aliphatic hydroxyl groups is 1. The van der Waals surface area contributed by atoms with Crippen molar-refractivity contribution >= 4 is 6.09 Å². The van der Waals surface area contributed by atoms with Gasteiger partial charge in [-0.05, 0) is 53.4 Å². The minimum absolute atomic E-state index is 0.219.